The fraction of sp³-hybridized carbons (Fsp3) is 0.171. The largest absolute Gasteiger partial charge is 1.00 e. The zero-order chi connectivity index (χ0) is 29.3. The molecule has 0 heterocycles. The van der Waals surface area contributed by atoms with Gasteiger partial charge < -0.3 is 24.8 Å². The third kappa shape index (κ3) is 6.45. The second-order valence-corrected chi connectivity index (χ2v) is 30.1. The third-order valence-electron chi connectivity index (χ3n) is 9.42. The van der Waals surface area contributed by atoms with Gasteiger partial charge in [-0.1, -0.05) is 0 Å². The average molecular weight is 721 g/mol. The molecule has 4 atom stereocenters. The minimum atomic E-state index is -2.30. The molecule has 0 bridgehead atoms. The maximum absolute atomic E-state index is 2.63. The molecular weight excluding hydrogens is 683 g/mol. The van der Waals surface area contributed by atoms with Crippen LogP contribution in [-0.4, -0.2) is 5.43 Å². The Labute approximate surface area is 289 Å². The topological polar surface area (TPSA) is 0 Å². The summed E-state index contributed by atoms with van der Waals surface area (Å²) in [7, 11) is 0. The van der Waals surface area contributed by atoms with E-state index in [-0.39, 0.29) is 30.7 Å². The van der Waals surface area contributed by atoms with E-state index in [9.17, 15) is 0 Å². The molecule has 4 heteroatoms. The van der Waals surface area contributed by atoms with Gasteiger partial charge >= 0.3 is 267 Å². The Balaban J connectivity index is 0.00000200. The minimum Gasteiger partial charge on any atom is -1.00 e. The van der Waals surface area contributed by atoms with Crippen molar-refractivity contribution in [2.24, 2.45) is 0 Å². The predicted molar refractivity (Wildman–Crippen MR) is 182 cm³/mol. The minimum absolute atomic E-state index is 0. The SMILES string of the molecule is CC1=CC2=C(C=CC=CC2c2ccccc2)[CH]1[Zr+2]([CH]1C(c2ccccc2)=CC2=C1C=CC=CC2c1ccccc1)=[Si](C)C.[Cl-].[Cl-]. The van der Waals surface area contributed by atoms with Crippen molar-refractivity contribution >= 4 is 11.0 Å². The molecule has 0 aromatic heterocycles. The van der Waals surface area contributed by atoms with Crippen LogP contribution >= 0.6 is 0 Å². The first-order valence-corrected chi connectivity index (χ1v) is 24.5. The quantitative estimate of drug-likeness (QED) is 0.329. The van der Waals surface area contributed by atoms with E-state index in [0.29, 0.717) is 13.2 Å². The van der Waals surface area contributed by atoms with E-state index in [4.69, 9.17) is 0 Å². The van der Waals surface area contributed by atoms with Crippen molar-refractivity contribution in [3.8, 4) is 0 Å². The number of benzene rings is 3. The molecule has 4 aliphatic carbocycles. The van der Waals surface area contributed by atoms with Crippen molar-refractivity contribution in [3.05, 3.63) is 196 Å². The standard InChI is InChI=1S/C22H17.C17H15.C2H6Si.2ClH.Zr/c1-3-9-17(10-4-1)20-15-19-13-7-8-14-21(22(19)16-20)18-11-5-2-6-12-18;1-13-11-15-9-5-6-10-16(17(15)12-13)14-7-3-2-4-8-14;1-3-2;;;/h1-16,21H;2-12,16H,1H3;1-2H3;2*1H;/q;;;;;+2/p-2. The Morgan fingerprint density at radius 3 is 1.51 bits per heavy atom. The summed E-state index contributed by atoms with van der Waals surface area (Å²) in [5.41, 5.74) is 13.0. The van der Waals surface area contributed by atoms with Crippen LogP contribution < -0.4 is 24.8 Å². The molecule has 0 nitrogen and oxygen atoms in total. The molecule has 45 heavy (non-hydrogen) atoms. The van der Waals surface area contributed by atoms with Gasteiger partial charge in [-0.25, -0.2) is 0 Å². The Bertz CT molecular complexity index is 1830. The average Bonchev–Trinajstić information content (AvgIpc) is 3.36. The Kier molecular flexibility index (Phi) is 11.0. The van der Waals surface area contributed by atoms with E-state index in [1.807, 2.05) is 0 Å². The molecular formula is C41H38Cl2SiZr. The molecule has 7 rings (SSSR count). The molecule has 0 amide bonds. The van der Waals surface area contributed by atoms with Gasteiger partial charge in [0.25, 0.3) is 0 Å². The monoisotopic (exact) mass is 718 g/mol. The van der Waals surface area contributed by atoms with Crippen molar-refractivity contribution in [3.63, 3.8) is 0 Å². The van der Waals surface area contributed by atoms with Gasteiger partial charge in [0, 0.05) is 0 Å². The summed E-state index contributed by atoms with van der Waals surface area (Å²) < 4.78 is 1.12. The molecule has 0 radical (unpaired) electrons. The van der Waals surface area contributed by atoms with Crippen molar-refractivity contribution in [2.75, 3.05) is 0 Å². The van der Waals surface area contributed by atoms with Gasteiger partial charge in [-0.15, -0.1) is 0 Å². The molecule has 0 saturated carbocycles. The summed E-state index contributed by atoms with van der Waals surface area (Å²) in [6.45, 7) is 7.71. The van der Waals surface area contributed by atoms with E-state index in [1.54, 1.807) is 22.3 Å². The second kappa shape index (κ2) is 14.8. The molecule has 0 saturated heterocycles. The molecule has 0 aliphatic heterocycles. The van der Waals surface area contributed by atoms with Crippen molar-refractivity contribution < 1.29 is 45.2 Å². The van der Waals surface area contributed by atoms with Gasteiger partial charge in [0.05, 0.1) is 0 Å². The molecule has 3 aromatic carbocycles. The van der Waals surface area contributed by atoms with Crippen LogP contribution in [0.1, 0.15) is 35.4 Å². The number of allylic oxidation sites excluding steroid dienone is 16. The van der Waals surface area contributed by atoms with E-state index < -0.39 is 25.8 Å². The number of halogens is 2. The zero-order valence-electron chi connectivity index (χ0n) is 26.0. The first-order chi connectivity index (χ1) is 21.1. The fourth-order valence-electron chi connectivity index (χ4n) is 7.57. The summed E-state index contributed by atoms with van der Waals surface area (Å²) >= 11 is -2.30. The normalized spacial score (nSPS) is 22.6. The zero-order valence-corrected chi connectivity index (χ0v) is 31.0. The summed E-state index contributed by atoms with van der Waals surface area (Å²) in [5.74, 6) is 0.593. The van der Waals surface area contributed by atoms with Crippen LogP contribution in [-0.2, 0) is 20.4 Å². The maximum atomic E-state index is 2.63. The molecule has 0 spiro atoms. The second-order valence-electron chi connectivity index (χ2n) is 12.3. The van der Waals surface area contributed by atoms with Crippen LogP contribution in [0.25, 0.3) is 5.57 Å². The molecule has 0 N–H and O–H groups in total. The molecule has 4 unspecified atom stereocenters. The van der Waals surface area contributed by atoms with Crippen molar-refractivity contribution in [1.29, 1.82) is 0 Å². The van der Waals surface area contributed by atoms with Crippen molar-refractivity contribution in [2.45, 2.75) is 39.1 Å². The molecule has 0 fully saturated rings. The van der Waals surface area contributed by atoms with E-state index in [2.05, 4.69) is 172 Å². The van der Waals surface area contributed by atoms with Crippen LogP contribution in [0.2, 0.25) is 20.3 Å². The number of hydrogen-bond acceptors (Lipinski definition) is 0. The predicted octanol–water partition coefficient (Wildman–Crippen LogP) is 4.91. The van der Waals surface area contributed by atoms with E-state index >= 15 is 0 Å². The van der Waals surface area contributed by atoms with Gasteiger partial charge in [-0.3, -0.25) is 0 Å². The van der Waals surface area contributed by atoms with Gasteiger partial charge in [0.1, 0.15) is 0 Å². The van der Waals surface area contributed by atoms with Gasteiger partial charge in [-0.2, -0.15) is 0 Å². The van der Waals surface area contributed by atoms with Crippen LogP contribution in [0.3, 0.4) is 0 Å². The van der Waals surface area contributed by atoms with Gasteiger partial charge in [0.2, 0.25) is 0 Å². The van der Waals surface area contributed by atoms with Crippen molar-refractivity contribution in [1.82, 2.24) is 0 Å². The van der Waals surface area contributed by atoms with E-state index in [1.165, 1.54) is 27.8 Å². The first kappa shape index (κ1) is 33.6. The molecule has 3 aromatic rings. The summed E-state index contributed by atoms with van der Waals surface area (Å²) in [6, 6.07) is 33.5. The summed E-state index contributed by atoms with van der Waals surface area (Å²) in [6.07, 6.45) is 24.1. The fourth-order valence-corrected chi connectivity index (χ4v) is 28.0. The van der Waals surface area contributed by atoms with Crippen LogP contribution in [0.5, 0.6) is 0 Å². The van der Waals surface area contributed by atoms with Gasteiger partial charge in [-0.05, 0) is 0 Å². The summed E-state index contributed by atoms with van der Waals surface area (Å²) in [5, 5.41) is 0. The smallest absolute Gasteiger partial charge is 1.00 e. The molecule has 224 valence electrons. The van der Waals surface area contributed by atoms with E-state index in [0.717, 1.165) is 0 Å². The number of rotatable bonds is 5. The Morgan fingerprint density at radius 1 is 0.533 bits per heavy atom. The molecule has 4 aliphatic rings. The third-order valence-corrected chi connectivity index (χ3v) is 29.0. The van der Waals surface area contributed by atoms with Crippen LogP contribution in [0, 0.1) is 0 Å². The number of hydrogen-bond donors (Lipinski definition) is 0. The Morgan fingerprint density at radius 2 is 1.00 bits per heavy atom. The van der Waals surface area contributed by atoms with Crippen LogP contribution in [0.15, 0.2) is 180 Å². The maximum Gasteiger partial charge on any atom is -1.00 e. The van der Waals surface area contributed by atoms with Crippen LogP contribution in [0.4, 0.5) is 0 Å². The first-order valence-electron chi connectivity index (χ1n) is 15.5. The Hall–Kier alpha value is -2.74. The van der Waals surface area contributed by atoms with Gasteiger partial charge in [0.15, 0.2) is 0 Å². The summed E-state index contributed by atoms with van der Waals surface area (Å²) in [4.78, 5) is 0.